The highest BCUT2D eigenvalue weighted by Crippen LogP contribution is 2.24. The van der Waals surface area contributed by atoms with Crippen molar-refractivity contribution in [3.63, 3.8) is 0 Å². The maximum Gasteiger partial charge on any atom is 0.240 e. The van der Waals surface area contributed by atoms with Gasteiger partial charge in [-0.1, -0.05) is 38.0 Å². The Balaban J connectivity index is 1.96. The molecule has 0 fully saturated rings. The van der Waals surface area contributed by atoms with E-state index in [1.54, 1.807) is 24.3 Å². The summed E-state index contributed by atoms with van der Waals surface area (Å²) in [6.07, 6.45) is 3.14. The van der Waals surface area contributed by atoms with Crippen LogP contribution in [-0.2, 0) is 9.59 Å². The minimum Gasteiger partial charge on any atom is -0.457 e. The lowest BCUT2D eigenvalue weighted by atomic mass is 10.2. The number of unbranched alkanes of at least 4 members (excludes halogenated alkanes) is 2. The minimum atomic E-state index is -0.176. The summed E-state index contributed by atoms with van der Waals surface area (Å²) in [5, 5.41) is 2.86. The van der Waals surface area contributed by atoms with E-state index in [0.29, 0.717) is 18.0 Å². The Labute approximate surface area is 155 Å². The van der Waals surface area contributed by atoms with E-state index in [-0.39, 0.29) is 18.4 Å². The van der Waals surface area contributed by atoms with Crippen LogP contribution in [0, 0.1) is 0 Å². The maximum atomic E-state index is 12.1. The van der Waals surface area contributed by atoms with Crippen LogP contribution in [0.5, 0.6) is 11.5 Å². The fourth-order valence-electron chi connectivity index (χ4n) is 2.51. The lowest BCUT2D eigenvalue weighted by molar-refractivity contribution is -0.123. The normalized spacial score (nSPS) is 10.2. The molecule has 0 saturated heterocycles. The van der Waals surface area contributed by atoms with Gasteiger partial charge < -0.3 is 15.0 Å². The Bertz CT molecular complexity index is 699. The first kappa shape index (κ1) is 19.5. The second-order valence-electron chi connectivity index (χ2n) is 6.07. The third kappa shape index (κ3) is 6.24. The number of rotatable bonds is 9. The molecule has 26 heavy (non-hydrogen) atoms. The van der Waals surface area contributed by atoms with E-state index >= 15 is 0 Å². The molecule has 1 N–H and O–H groups in total. The third-order valence-corrected chi connectivity index (χ3v) is 3.91. The van der Waals surface area contributed by atoms with Gasteiger partial charge in [0.2, 0.25) is 11.8 Å². The van der Waals surface area contributed by atoms with Gasteiger partial charge in [-0.05, 0) is 42.8 Å². The molecule has 2 amide bonds. The molecule has 0 saturated carbocycles. The summed E-state index contributed by atoms with van der Waals surface area (Å²) < 4.78 is 5.75. The molecule has 0 spiro atoms. The first-order valence-corrected chi connectivity index (χ1v) is 8.98. The van der Waals surface area contributed by atoms with E-state index in [1.165, 1.54) is 11.8 Å². The Kier molecular flexibility index (Phi) is 7.68. The third-order valence-electron chi connectivity index (χ3n) is 3.91. The van der Waals surface area contributed by atoms with Gasteiger partial charge in [-0.25, -0.2) is 0 Å². The number of anilines is 1. The van der Waals surface area contributed by atoms with Crippen molar-refractivity contribution in [2.45, 2.75) is 33.1 Å². The SMILES string of the molecule is CCCCCNC(=O)CN(C(C)=O)c1ccc(Oc2ccccc2)cc1. The number of benzene rings is 2. The summed E-state index contributed by atoms with van der Waals surface area (Å²) in [6.45, 7) is 4.23. The number of nitrogens with one attached hydrogen (secondary N) is 1. The molecule has 2 rings (SSSR count). The van der Waals surface area contributed by atoms with E-state index in [0.717, 1.165) is 25.0 Å². The summed E-state index contributed by atoms with van der Waals surface area (Å²) in [5.74, 6) is 1.09. The van der Waals surface area contributed by atoms with Crippen molar-refractivity contribution in [3.8, 4) is 11.5 Å². The average molecular weight is 354 g/mol. The smallest absolute Gasteiger partial charge is 0.240 e. The predicted octanol–water partition coefficient (Wildman–Crippen LogP) is 4.14. The Hall–Kier alpha value is -2.82. The Morgan fingerprint density at radius 1 is 0.962 bits per heavy atom. The van der Waals surface area contributed by atoms with Crippen LogP contribution >= 0.6 is 0 Å². The number of nitrogens with zero attached hydrogens (tertiary/aromatic N) is 1. The van der Waals surface area contributed by atoms with E-state index in [2.05, 4.69) is 12.2 Å². The van der Waals surface area contributed by atoms with Crippen molar-refractivity contribution < 1.29 is 14.3 Å². The molecule has 0 radical (unpaired) electrons. The van der Waals surface area contributed by atoms with Crippen molar-refractivity contribution in [2.24, 2.45) is 0 Å². The number of amides is 2. The summed E-state index contributed by atoms with van der Waals surface area (Å²) >= 11 is 0. The van der Waals surface area contributed by atoms with Gasteiger partial charge in [0.1, 0.15) is 18.0 Å². The summed E-state index contributed by atoms with van der Waals surface area (Å²) in [4.78, 5) is 25.5. The standard InChI is InChI=1S/C21H26N2O3/c1-3-4-8-15-22-21(25)16-23(17(2)24)18-11-13-20(14-12-18)26-19-9-6-5-7-10-19/h5-7,9-14H,3-4,8,15-16H2,1-2H3,(H,22,25). The van der Waals surface area contributed by atoms with Crippen LogP contribution < -0.4 is 15.0 Å². The van der Waals surface area contributed by atoms with Crippen molar-refractivity contribution >= 4 is 17.5 Å². The Morgan fingerprint density at radius 2 is 1.62 bits per heavy atom. The van der Waals surface area contributed by atoms with E-state index in [1.807, 2.05) is 30.3 Å². The molecule has 5 heteroatoms. The van der Waals surface area contributed by atoms with Crippen LogP contribution in [0.3, 0.4) is 0 Å². The number of carbonyl (C=O) groups excluding carboxylic acids is 2. The fraction of sp³-hybridized carbons (Fsp3) is 0.333. The molecular formula is C21H26N2O3. The zero-order valence-corrected chi connectivity index (χ0v) is 15.4. The largest absolute Gasteiger partial charge is 0.457 e. The van der Waals surface area contributed by atoms with E-state index < -0.39 is 0 Å². The first-order valence-electron chi connectivity index (χ1n) is 8.98. The number of ether oxygens (including phenoxy) is 1. The molecule has 0 aromatic heterocycles. The van der Waals surface area contributed by atoms with Crippen LogP contribution in [0.25, 0.3) is 0 Å². The van der Waals surface area contributed by atoms with Crippen LogP contribution in [0.1, 0.15) is 33.1 Å². The van der Waals surface area contributed by atoms with E-state index in [4.69, 9.17) is 4.74 Å². The van der Waals surface area contributed by atoms with Gasteiger partial charge in [0.25, 0.3) is 0 Å². The molecule has 138 valence electrons. The number of para-hydroxylation sites is 1. The van der Waals surface area contributed by atoms with Gasteiger partial charge in [-0.2, -0.15) is 0 Å². The molecule has 5 nitrogen and oxygen atoms in total. The summed E-state index contributed by atoms with van der Waals surface area (Å²) in [6, 6.07) is 16.6. The average Bonchev–Trinajstić information content (AvgIpc) is 2.65. The zero-order chi connectivity index (χ0) is 18.8. The lowest BCUT2D eigenvalue weighted by Crippen LogP contribution is -2.40. The van der Waals surface area contributed by atoms with Crippen molar-refractivity contribution in [3.05, 3.63) is 54.6 Å². The first-order chi connectivity index (χ1) is 12.6. The van der Waals surface area contributed by atoms with Crippen LogP contribution in [0.4, 0.5) is 5.69 Å². The highest BCUT2D eigenvalue weighted by molar-refractivity contribution is 5.97. The van der Waals surface area contributed by atoms with Gasteiger partial charge >= 0.3 is 0 Å². The summed E-state index contributed by atoms with van der Waals surface area (Å²) in [5.41, 5.74) is 0.668. The fourth-order valence-corrected chi connectivity index (χ4v) is 2.51. The molecule has 2 aromatic carbocycles. The molecule has 0 bridgehead atoms. The predicted molar refractivity (Wildman–Crippen MR) is 104 cm³/mol. The van der Waals surface area contributed by atoms with Crippen molar-refractivity contribution in [1.82, 2.24) is 5.32 Å². The Morgan fingerprint density at radius 3 is 2.23 bits per heavy atom. The number of carbonyl (C=O) groups is 2. The van der Waals surface area contributed by atoms with Crippen LogP contribution in [0.2, 0.25) is 0 Å². The highest BCUT2D eigenvalue weighted by atomic mass is 16.5. The monoisotopic (exact) mass is 354 g/mol. The lowest BCUT2D eigenvalue weighted by Gasteiger charge is -2.21. The van der Waals surface area contributed by atoms with Gasteiger partial charge in [0.05, 0.1) is 0 Å². The molecule has 0 unspecified atom stereocenters. The molecule has 0 aliphatic rings. The topological polar surface area (TPSA) is 58.6 Å². The van der Waals surface area contributed by atoms with Gasteiger partial charge in [-0.15, -0.1) is 0 Å². The molecule has 0 heterocycles. The van der Waals surface area contributed by atoms with Gasteiger partial charge in [0, 0.05) is 19.2 Å². The molecule has 0 atom stereocenters. The number of hydrogen-bond acceptors (Lipinski definition) is 3. The van der Waals surface area contributed by atoms with Crippen molar-refractivity contribution in [2.75, 3.05) is 18.0 Å². The second-order valence-corrected chi connectivity index (χ2v) is 6.07. The minimum absolute atomic E-state index is 0.0142. The van der Waals surface area contributed by atoms with Crippen LogP contribution in [-0.4, -0.2) is 24.9 Å². The molecule has 0 aliphatic heterocycles. The van der Waals surface area contributed by atoms with E-state index in [9.17, 15) is 9.59 Å². The van der Waals surface area contributed by atoms with Gasteiger partial charge in [-0.3, -0.25) is 9.59 Å². The molecule has 0 aliphatic carbocycles. The summed E-state index contributed by atoms with van der Waals surface area (Å²) in [7, 11) is 0. The zero-order valence-electron chi connectivity index (χ0n) is 15.4. The second kappa shape index (κ2) is 10.2. The molecule has 2 aromatic rings. The van der Waals surface area contributed by atoms with Gasteiger partial charge in [0.15, 0.2) is 0 Å². The molecular weight excluding hydrogens is 328 g/mol. The van der Waals surface area contributed by atoms with Crippen molar-refractivity contribution in [1.29, 1.82) is 0 Å². The highest BCUT2D eigenvalue weighted by Gasteiger charge is 2.15. The van der Waals surface area contributed by atoms with Crippen LogP contribution in [0.15, 0.2) is 54.6 Å². The number of hydrogen-bond donors (Lipinski definition) is 1. The maximum absolute atomic E-state index is 12.1. The quantitative estimate of drug-likeness (QED) is 0.689.